The zero-order chi connectivity index (χ0) is 19.8. The quantitative estimate of drug-likeness (QED) is 0.287. The summed E-state index contributed by atoms with van der Waals surface area (Å²) in [5.74, 6) is -0.775. The number of halogens is 1. The van der Waals surface area contributed by atoms with Crippen molar-refractivity contribution in [2.45, 2.75) is 26.2 Å². The van der Waals surface area contributed by atoms with E-state index in [-0.39, 0.29) is 11.0 Å². The highest BCUT2D eigenvalue weighted by Crippen LogP contribution is 2.30. The molecule has 1 amide bonds. The Hall–Kier alpha value is -3.20. The maximum absolute atomic E-state index is 11.8. The van der Waals surface area contributed by atoms with E-state index in [9.17, 15) is 14.9 Å². The van der Waals surface area contributed by atoms with Crippen LogP contribution >= 0.6 is 11.6 Å². The fourth-order valence-electron chi connectivity index (χ4n) is 2.45. The molecule has 0 radical (unpaired) electrons. The maximum Gasteiger partial charge on any atom is 0.277 e. The highest BCUT2D eigenvalue weighted by Gasteiger charge is 2.18. The fraction of sp³-hybridized carbons (Fsp3) is 0.235. The molecule has 0 aliphatic heterocycles. The third kappa shape index (κ3) is 5.65. The predicted molar refractivity (Wildman–Crippen MR) is 104 cm³/mol. The van der Waals surface area contributed by atoms with E-state index >= 15 is 0 Å². The second-order valence-electron chi connectivity index (χ2n) is 5.59. The number of carbonyl (C=O) groups excluding carboxylic acids is 1. The van der Waals surface area contributed by atoms with Gasteiger partial charge in [-0.15, -0.1) is 0 Å². The lowest BCUT2D eigenvalue weighted by atomic mass is 9.99. The Morgan fingerprint density at radius 3 is 2.74 bits per heavy atom. The molecule has 10 heteroatoms. The van der Waals surface area contributed by atoms with E-state index in [2.05, 4.69) is 20.7 Å². The van der Waals surface area contributed by atoms with Gasteiger partial charge in [0.1, 0.15) is 5.10 Å². The van der Waals surface area contributed by atoms with Gasteiger partial charge in [0, 0.05) is 11.8 Å². The SMILES string of the molecule is CCCCc1c(C(N)=O)ccc(Cl)c1NC(=N[N+](=O)[O-])Nc1cccnc1. The first kappa shape index (κ1) is 20.1. The highest BCUT2D eigenvalue weighted by atomic mass is 35.5. The average Bonchev–Trinajstić information content (AvgIpc) is 2.62. The summed E-state index contributed by atoms with van der Waals surface area (Å²) in [6.45, 7) is 2.01. The van der Waals surface area contributed by atoms with Gasteiger partial charge in [0.05, 0.1) is 22.6 Å². The van der Waals surface area contributed by atoms with Crippen LogP contribution in [0.5, 0.6) is 0 Å². The minimum absolute atomic E-state index is 0.172. The van der Waals surface area contributed by atoms with Gasteiger partial charge < -0.3 is 16.4 Å². The Morgan fingerprint density at radius 1 is 1.37 bits per heavy atom. The minimum atomic E-state index is -0.844. The Labute approximate surface area is 160 Å². The molecule has 9 nitrogen and oxygen atoms in total. The van der Waals surface area contributed by atoms with Crippen LogP contribution < -0.4 is 16.4 Å². The Bertz CT molecular complexity index is 857. The smallest absolute Gasteiger partial charge is 0.277 e. The summed E-state index contributed by atoms with van der Waals surface area (Å²) < 4.78 is 0. The van der Waals surface area contributed by atoms with Crippen molar-refractivity contribution in [1.29, 1.82) is 0 Å². The molecule has 1 aromatic heterocycles. The maximum atomic E-state index is 11.8. The molecular formula is C17H19ClN6O3. The lowest BCUT2D eigenvalue weighted by molar-refractivity contribution is -0.484. The number of anilines is 2. The predicted octanol–water partition coefficient (Wildman–Crippen LogP) is 3.25. The second kappa shape index (κ2) is 9.48. The van der Waals surface area contributed by atoms with Gasteiger partial charge in [0.25, 0.3) is 5.96 Å². The lowest BCUT2D eigenvalue weighted by Crippen LogP contribution is -2.25. The van der Waals surface area contributed by atoms with Gasteiger partial charge in [-0.1, -0.05) is 24.9 Å². The number of nitro groups is 1. The molecule has 0 spiro atoms. The first-order chi connectivity index (χ1) is 12.9. The summed E-state index contributed by atoms with van der Waals surface area (Å²) in [7, 11) is 0. The lowest BCUT2D eigenvalue weighted by Gasteiger charge is -2.17. The van der Waals surface area contributed by atoms with Gasteiger partial charge >= 0.3 is 0 Å². The molecule has 0 atom stereocenters. The van der Waals surface area contributed by atoms with Crippen molar-refractivity contribution in [3.63, 3.8) is 0 Å². The summed E-state index contributed by atoms with van der Waals surface area (Å²) in [5.41, 5.74) is 7.19. The van der Waals surface area contributed by atoms with E-state index in [0.717, 1.165) is 12.8 Å². The number of amides is 1. The van der Waals surface area contributed by atoms with Crippen LogP contribution in [0.2, 0.25) is 5.02 Å². The molecule has 2 aromatic rings. The zero-order valence-electron chi connectivity index (χ0n) is 14.6. The van der Waals surface area contributed by atoms with Crippen LogP contribution in [0.15, 0.2) is 41.8 Å². The molecule has 0 fully saturated rings. The van der Waals surface area contributed by atoms with Gasteiger partial charge in [-0.3, -0.25) is 9.78 Å². The van der Waals surface area contributed by atoms with Crippen molar-refractivity contribution in [1.82, 2.24) is 4.98 Å². The number of carbonyl (C=O) groups is 1. The fourth-order valence-corrected chi connectivity index (χ4v) is 2.68. The molecule has 0 aliphatic carbocycles. The second-order valence-corrected chi connectivity index (χ2v) is 6.00. The first-order valence-electron chi connectivity index (χ1n) is 8.20. The molecule has 4 N–H and O–H groups in total. The Kier molecular flexibility index (Phi) is 7.07. The van der Waals surface area contributed by atoms with Crippen LogP contribution in [-0.2, 0) is 6.42 Å². The Balaban J connectivity index is 2.45. The van der Waals surface area contributed by atoms with Crippen LogP contribution in [0.3, 0.4) is 0 Å². The summed E-state index contributed by atoms with van der Waals surface area (Å²) in [4.78, 5) is 26.6. The van der Waals surface area contributed by atoms with Crippen molar-refractivity contribution in [2.75, 3.05) is 10.6 Å². The number of hydrogen-bond acceptors (Lipinski definition) is 4. The molecule has 0 bridgehead atoms. The van der Waals surface area contributed by atoms with Gasteiger partial charge in [-0.05, 0) is 42.7 Å². The number of nitrogens with two attached hydrogens (primary N) is 1. The molecule has 2 rings (SSSR count). The first-order valence-corrected chi connectivity index (χ1v) is 8.58. The molecule has 1 heterocycles. The van der Waals surface area contributed by atoms with Crippen molar-refractivity contribution < 1.29 is 9.83 Å². The summed E-state index contributed by atoms with van der Waals surface area (Å²) in [6, 6.07) is 6.38. The molecule has 0 unspecified atom stereocenters. The number of aromatic nitrogens is 1. The van der Waals surface area contributed by atoms with E-state index in [1.54, 1.807) is 24.4 Å². The number of hydrogen-bond donors (Lipinski definition) is 3. The number of guanidine groups is 1. The number of nitrogens with zero attached hydrogens (tertiary/aromatic N) is 3. The Morgan fingerprint density at radius 2 is 2.15 bits per heavy atom. The monoisotopic (exact) mass is 390 g/mol. The third-order valence-corrected chi connectivity index (χ3v) is 3.97. The average molecular weight is 391 g/mol. The summed E-state index contributed by atoms with van der Waals surface area (Å²) in [6.07, 6.45) is 5.24. The molecule has 27 heavy (non-hydrogen) atoms. The van der Waals surface area contributed by atoms with E-state index in [1.807, 2.05) is 6.92 Å². The molecule has 1 aromatic carbocycles. The number of benzene rings is 1. The standard InChI is InChI=1S/C17H19ClN6O3/c1-2-3-6-12-13(16(19)25)7-8-14(18)15(12)22-17(23-24(26)27)21-11-5-4-9-20-10-11/h4-5,7-10H,2-3,6H2,1H3,(H2,19,25)(H2,21,22,23). The highest BCUT2D eigenvalue weighted by molar-refractivity contribution is 6.34. The van der Waals surface area contributed by atoms with Crippen LogP contribution in [0, 0.1) is 10.1 Å². The minimum Gasteiger partial charge on any atom is -0.366 e. The van der Waals surface area contributed by atoms with Crippen molar-refractivity contribution in [2.24, 2.45) is 10.8 Å². The normalized spacial score (nSPS) is 11.1. The van der Waals surface area contributed by atoms with Crippen molar-refractivity contribution in [3.8, 4) is 0 Å². The van der Waals surface area contributed by atoms with Crippen LogP contribution in [-0.4, -0.2) is 21.9 Å². The van der Waals surface area contributed by atoms with Gasteiger partial charge in [-0.25, -0.2) is 10.1 Å². The topological polar surface area (TPSA) is 136 Å². The largest absolute Gasteiger partial charge is 0.366 e. The van der Waals surface area contributed by atoms with Gasteiger partial charge in [0.2, 0.25) is 5.91 Å². The van der Waals surface area contributed by atoms with Gasteiger partial charge in [0.15, 0.2) is 5.03 Å². The van der Waals surface area contributed by atoms with E-state index in [1.165, 1.54) is 12.3 Å². The third-order valence-electron chi connectivity index (χ3n) is 3.66. The number of pyridine rings is 1. The van der Waals surface area contributed by atoms with E-state index in [4.69, 9.17) is 17.3 Å². The van der Waals surface area contributed by atoms with Crippen LogP contribution in [0.25, 0.3) is 0 Å². The van der Waals surface area contributed by atoms with Crippen LogP contribution in [0.1, 0.15) is 35.7 Å². The number of primary amides is 1. The molecule has 0 aliphatic rings. The summed E-state index contributed by atoms with van der Waals surface area (Å²) >= 11 is 6.29. The van der Waals surface area contributed by atoms with Crippen molar-refractivity contribution in [3.05, 3.63) is 62.9 Å². The molecule has 0 saturated heterocycles. The van der Waals surface area contributed by atoms with Gasteiger partial charge in [-0.2, -0.15) is 0 Å². The van der Waals surface area contributed by atoms with Crippen LogP contribution in [0.4, 0.5) is 11.4 Å². The zero-order valence-corrected chi connectivity index (χ0v) is 15.4. The summed E-state index contributed by atoms with van der Waals surface area (Å²) in [5, 5.41) is 19.3. The number of hydrazone groups is 1. The van der Waals surface area contributed by atoms with Crippen molar-refractivity contribution >= 4 is 34.8 Å². The number of nitrogens with one attached hydrogen (secondary N) is 2. The molecule has 142 valence electrons. The number of unbranched alkanes of at least 4 members (excludes halogenated alkanes) is 1. The molecule has 0 saturated carbocycles. The molecular weight excluding hydrogens is 372 g/mol. The van der Waals surface area contributed by atoms with E-state index in [0.29, 0.717) is 28.9 Å². The van der Waals surface area contributed by atoms with E-state index < -0.39 is 10.9 Å². The number of rotatable bonds is 7.